The van der Waals surface area contributed by atoms with E-state index in [0.717, 1.165) is 38.5 Å². The number of hydrogen-bond acceptors (Lipinski definition) is 4. The van der Waals surface area contributed by atoms with Crippen LogP contribution in [0.3, 0.4) is 0 Å². The number of carbonyl (C=O) groups is 1. The van der Waals surface area contributed by atoms with Gasteiger partial charge >= 0.3 is 5.97 Å². The summed E-state index contributed by atoms with van der Waals surface area (Å²) in [7, 11) is 0. The highest BCUT2D eigenvalue weighted by molar-refractivity contribution is 5.79. The van der Waals surface area contributed by atoms with Crippen LogP contribution in [0.1, 0.15) is 79.1 Å². The van der Waals surface area contributed by atoms with Gasteiger partial charge < -0.3 is 4.74 Å². The average Bonchev–Trinajstić information content (AvgIpc) is 2.47. The summed E-state index contributed by atoms with van der Waals surface area (Å²) in [5.41, 5.74) is -0.933. The fourth-order valence-electron chi connectivity index (χ4n) is 1.82. The molecule has 0 N–H and O–H groups in total. The third-order valence-electron chi connectivity index (χ3n) is 3.41. The van der Waals surface area contributed by atoms with Gasteiger partial charge in [-0.15, -0.1) is 0 Å². The molecule has 0 aliphatic rings. The van der Waals surface area contributed by atoms with E-state index >= 15 is 0 Å². The van der Waals surface area contributed by atoms with E-state index < -0.39 is 5.60 Å². The molecule has 0 amide bonds. The molecule has 20 heavy (non-hydrogen) atoms. The molecule has 4 heteroatoms. The molecule has 0 aromatic rings. The molecule has 0 aromatic heterocycles. The molecule has 0 fully saturated rings. The average molecular weight is 288 g/mol. The first kappa shape index (κ1) is 19.4. The molecular formula is C16H32O4. The molecule has 0 rings (SSSR count). The van der Waals surface area contributed by atoms with Gasteiger partial charge in [-0.2, -0.15) is 0 Å². The van der Waals surface area contributed by atoms with Crippen LogP contribution in [0.15, 0.2) is 0 Å². The van der Waals surface area contributed by atoms with Gasteiger partial charge in [-0.1, -0.05) is 53.4 Å². The lowest BCUT2D eigenvalue weighted by Crippen LogP contribution is -2.43. The van der Waals surface area contributed by atoms with Crippen LogP contribution in [-0.4, -0.2) is 24.8 Å². The Morgan fingerprint density at radius 2 is 1.50 bits per heavy atom. The van der Waals surface area contributed by atoms with Crippen molar-refractivity contribution >= 4 is 5.97 Å². The predicted octanol–water partition coefficient (Wildman–Crippen LogP) is 4.42. The van der Waals surface area contributed by atoms with Crippen molar-refractivity contribution in [3.8, 4) is 0 Å². The molecule has 1 unspecified atom stereocenters. The minimum atomic E-state index is -0.933. The molecule has 0 saturated heterocycles. The number of unbranched alkanes of at least 4 members (excludes halogenated alkanes) is 3. The van der Waals surface area contributed by atoms with E-state index in [1.807, 2.05) is 6.92 Å². The zero-order valence-corrected chi connectivity index (χ0v) is 13.7. The Kier molecular flexibility index (Phi) is 11.8. The molecule has 120 valence electrons. The Morgan fingerprint density at radius 1 is 0.900 bits per heavy atom. The molecule has 0 aromatic carbocycles. The summed E-state index contributed by atoms with van der Waals surface area (Å²) in [5, 5.41) is 0. The number of hydrogen-bond donors (Lipinski definition) is 0. The second kappa shape index (κ2) is 12.2. The van der Waals surface area contributed by atoms with Crippen LogP contribution in [0.2, 0.25) is 0 Å². The summed E-state index contributed by atoms with van der Waals surface area (Å²) >= 11 is 0. The highest BCUT2D eigenvalue weighted by atomic mass is 17.2. The van der Waals surface area contributed by atoms with Crippen molar-refractivity contribution in [2.24, 2.45) is 0 Å². The second-order valence-corrected chi connectivity index (χ2v) is 5.20. The summed E-state index contributed by atoms with van der Waals surface area (Å²) in [6.07, 6.45) is 7.03. The largest absolute Gasteiger partial charge is 0.463 e. The molecule has 0 radical (unpaired) electrons. The van der Waals surface area contributed by atoms with Gasteiger partial charge in [-0.3, -0.25) is 0 Å². The van der Waals surface area contributed by atoms with Gasteiger partial charge in [0.15, 0.2) is 5.60 Å². The van der Waals surface area contributed by atoms with Gasteiger partial charge in [0.05, 0.1) is 13.2 Å². The molecule has 0 bridgehead atoms. The lowest BCUT2D eigenvalue weighted by Gasteiger charge is -2.29. The Bertz CT molecular complexity index is 243. The fraction of sp³-hybridized carbons (Fsp3) is 0.938. The highest BCUT2D eigenvalue weighted by Crippen LogP contribution is 2.26. The van der Waals surface area contributed by atoms with E-state index in [4.69, 9.17) is 14.5 Å². The summed E-state index contributed by atoms with van der Waals surface area (Å²) in [4.78, 5) is 23.1. The lowest BCUT2D eigenvalue weighted by atomic mass is 9.94. The van der Waals surface area contributed by atoms with Crippen molar-refractivity contribution < 1.29 is 19.3 Å². The molecule has 0 spiro atoms. The number of rotatable bonds is 13. The molecule has 0 aliphatic heterocycles. The van der Waals surface area contributed by atoms with Crippen molar-refractivity contribution in [3.63, 3.8) is 0 Å². The Balaban J connectivity index is 4.50. The molecule has 0 aliphatic carbocycles. The Hall–Kier alpha value is -0.610. The van der Waals surface area contributed by atoms with Crippen molar-refractivity contribution in [2.75, 3.05) is 13.2 Å². The first-order valence-corrected chi connectivity index (χ1v) is 8.14. The van der Waals surface area contributed by atoms with E-state index in [1.165, 1.54) is 0 Å². The predicted molar refractivity (Wildman–Crippen MR) is 80.4 cm³/mol. The van der Waals surface area contributed by atoms with Crippen molar-refractivity contribution in [1.29, 1.82) is 0 Å². The van der Waals surface area contributed by atoms with Gasteiger partial charge in [0.2, 0.25) is 0 Å². The van der Waals surface area contributed by atoms with Gasteiger partial charge in [0.25, 0.3) is 0 Å². The van der Waals surface area contributed by atoms with Gasteiger partial charge in [0.1, 0.15) is 0 Å². The van der Waals surface area contributed by atoms with Crippen molar-refractivity contribution in [2.45, 2.75) is 84.7 Å². The van der Waals surface area contributed by atoms with Crippen LogP contribution in [0, 0.1) is 0 Å². The summed E-state index contributed by atoms with van der Waals surface area (Å²) in [6, 6.07) is 0. The zero-order valence-electron chi connectivity index (χ0n) is 13.7. The summed E-state index contributed by atoms with van der Waals surface area (Å²) in [6.45, 7) is 9.18. The molecule has 0 heterocycles. The van der Waals surface area contributed by atoms with Gasteiger partial charge in [0, 0.05) is 0 Å². The normalized spacial score (nSPS) is 14.0. The lowest BCUT2D eigenvalue weighted by molar-refractivity contribution is -0.357. The second-order valence-electron chi connectivity index (χ2n) is 5.20. The van der Waals surface area contributed by atoms with Crippen LogP contribution < -0.4 is 0 Å². The van der Waals surface area contributed by atoms with Crippen molar-refractivity contribution in [1.82, 2.24) is 0 Å². The van der Waals surface area contributed by atoms with Crippen LogP contribution in [0.25, 0.3) is 0 Å². The third-order valence-corrected chi connectivity index (χ3v) is 3.41. The van der Waals surface area contributed by atoms with Crippen LogP contribution in [0.5, 0.6) is 0 Å². The number of esters is 1. The molecule has 0 saturated carbocycles. The molecule has 1 atom stereocenters. The topological polar surface area (TPSA) is 44.8 Å². The van der Waals surface area contributed by atoms with Crippen LogP contribution in [0.4, 0.5) is 0 Å². The van der Waals surface area contributed by atoms with E-state index in [-0.39, 0.29) is 5.97 Å². The smallest absolute Gasteiger partial charge is 0.341 e. The first-order chi connectivity index (χ1) is 9.66. The zero-order chi connectivity index (χ0) is 15.3. The van der Waals surface area contributed by atoms with Crippen molar-refractivity contribution in [3.05, 3.63) is 0 Å². The molecular weight excluding hydrogens is 256 g/mol. The van der Waals surface area contributed by atoms with E-state index in [1.54, 1.807) is 0 Å². The standard InChI is InChI=1S/C16H32O4/c1-5-9-12-16(8-4,20-19-14-11-7-3)15(17)18-13-10-6-2/h5-14H2,1-4H3. The summed E-state index contributed by atoms with van der Waals surface area (Å²) in [5.74, 6) is -0.279. The van der Waals surface area contributed by atoms with E-state index in [2.05, 4.69) is 20.8 Å². The Labute approximate surface area is 124 Å². The van der Waals surface area contributed by atoms with Gasteiger partial charge in [-0.05, 0) is 25.7 Å². The highest BCUT2D eigenvalue weighted by Gasteiger charge is 2.40. The first-order valence-electron chi connectivity index (χ1n) is 8.14. The molecule has 4 nitrogen and oxygen atoms in total. The minimum absolute atomic E-state index is 0.279. The maximum absolute atomic E-state index is 12.3. The van der Waals surface area contributed by atoms with Crippen LogP contribution in [-0.2, 0) is 19.3 Å². The van der Waals surface area contributed by atoms with E-state index in [9.17, 15) is 4.79 Å². The maximum atomic E-state index is 12.3. The SMILES string of the molecule is CCCCOOC(CC)(CCCC)C(=O)OCCCC. The Morgan fingerprint density at radius 3 is 2.05 bits per heavy atom. The van der Waals surface area contributed by atoms with Gasteiger partial charge in [-0.25, -0.2) is 14.6 Å². The number of ether oxygens (including phenoxy) is 1. The third kappa shape index (κ3) is 7.25. The number of carbonyl (C=O) groups excluding carboxylic acids is 1. The quantitative estimate of drug-likeness (QED) is 0.218. The van der Waals surface area contributed by atoms with E-state index in [0.29, 0.717) is 26.1 Å². The summed E-state index contributed by atoms with van der Waals surface area (Å²) < 4.78 is 5.35. The van der Waals surface area contributed by atoms with Crippen LogP contribution >= 0.6 is 0 Å². The minimum Gasteiger partial charge on any atom is -0.463 e. The fourth-order valence-corrected chi connectivity index (χ4v) is 1.82. The maximum Gasteiger partial charge on any atom is 0.341 e. The monoisotopic (exact) mass is 288 g/mol.